The average Bonchev–Trinajstić information content (AvgIpc) is 2.60. The number of nitrogens with zero attached hydrogens (tertiary/aromatic N) is 1. The molecule has 0 saturated heterocycles. The van der Waals surface area contributed by atoms with Crippen LogP contribution in [0.25, 0.3) is 0 Å². The van der Waals surface area contributed by atoms with E-state index in [1.807, 2.05) is 13.8 Å². The Balaban J connectivity index is 2.09. The highest BCUT2D eigenvalue weighted by Gasteiger charge is 2.08. The molecule has 17 heavy (non-hydrogen) atoms. The van der Waals surface area contributed by atoms with Gasteiger partial charge in [0.15, 0.2) is 18.2 Å². The van der Waals surface area contributed by atoms with Crippen molar-refractivity contribution in [1.29, 1.82) is 0 Å². The molecule has 0 atom stereocenters. The molecule has 0 unspecified atom stereocenters. The Morgan fingerprint density at radius 2 is 2.18 bits per heavy atom. The van der Waals surface area contributed by atoms with Crippen LogP contribution in [0, 0.1) is 19.7 Å². The number of benzene rings is 1. The Kier molecular flexibility index (Phi) is 3.47. The van der Waals surface area contributed by atoms with E-state index in [0.29, 0.717) is 5.89 Å². The van der Waals surface area contributed by atoms with Gasteiger partial charge in [-0.1, -0.05) is 15.9 Å². The first-order valence-corrected chi connectivity index (χ1v) is 5.86. The molecule has 0 saturated carbocycles. The second-order valence-corrected chi connectivity index (χ2v) is 4.53. The lowest BCUT2D eigenvalue weighted by Crippen LogP contribution is -1.97. The van der Waals surface area contributed by atoms with Gasteiger partial charge in [-0.25, -0.2) is 9.37 Å². The molecule has 0 spiro atoms. The van der Waals surface area contributed by atoms with E-state index in [9.17, 15) is 4.39 Å². The topological polar surface area (TPSA) is 35.3 Å². The van der Waals surface area contributed by atoms with Gasteiger partial charge in [-0.05, 0) is 32.0 Å². The monoisotopic (exact) mass is 299 g/mol. The zero-order valence-corrected chi connectivity index (χ0v) is 11.0. The van der Waals surface area contributed by atoms with Crippen LogP contribution in [0.1, 0.15) is 17.3 Å². The largest absolute Gasteiger partial charge is 0.481 e. The number of hydrogen-bond acceptors (Lipinski definition) is 3. The number of aryl methyl sites for hydroxylation is 2. The molecule has 0 radical (unpaired) electrons. The third-order valence-electron chi connectivity index (χ3n) is 2.32. The van der Waals surface area contributed by atoms with Crippen molar-refractivity contribution in [3.8, 4) is 5.75 Å². The highest BCUT2D eigenvalue weighted by Crippen LogP contribution is 2.23. The maximum Gasteiger partial charge on any atom is 0.232 e. The molecule has 0 N–H and O–H groups in total. The molecule has 1 heterocycles. The van der Waals surface area contributed by atoms with Gasteiger partial charge in [-0.3, -0.25) is 0 Å². The number of aromatic nitrogens is 1. The molecule has 0 aliphatic carbocycles. The fraction of sp³-hybridized carbons (Fsp3) is 0.250. The van der Waals surface area contributed by atoms with Crippen LogP contribution < -0.4 is 4.74 Å². The van der Waals surface area contributed by atoms with Crippen LogP contribution >= 0.6 is 15.9 Å². The minimum atomic E-state index is -0.409. The van der Waals surface area contributed by atoms with Crippen LogP contribution in [0.4, 0.5) is 4.39 Å². The smallest absolute Gasteiger partial charge is 0.232 e. The van der Waals surface area contributed by atoms with E-state index in [1.54, 1.807) is 12.1 Å². The SMILES string of the molecule is Cc1nc(COc2cc(Br)ccc2F)oc1C. The van der Waals surface area contributed by atoms with Crippen molar-refractivity contribution in [3.63, 3.8) is 0 Å². The molecular formula is C12H11BrFNO2. The predicted molar refractivity (Wildman–Crippen MR) is 64.4 cm³/mol. The molecule has 90 valence electrons. The fourth-order valence-corrected chi connectivity index (χ4v) is 1.67. The Hall–Kier alpha value is -1.36. The Morgan fingerprint density at radius 3 is 2.82 bits per heavy atom. The van der Waals surface area contributed by atoms with Gasteiger partial charge in [0.1, 0.15) is 5.76 Å². The van der Waals surface area contributed by atoms with Gasteiger partial charge < -0.3 is 9.15 Å². The summed E-state index contributed by atoms with van der Waals surface area (Å²) in [6, 6.07) is 4.52. The van der Waals surface area contributed by atoms with Gasteiger partial charge in [0.25, 0.3) is 0 Å². The lowest BCUT2D eigenvalue weighted by atomic mass is 10.3. The van der Waals surface area contributed by atoms with E-state index >= 15 is 0 Å². The number of rotatable bonds is 3. The second kappa shape index (κ2) is 4.87. The van der Waals surface area contributed by atoms with Crippen LogP contribution in [-0.4, -0.2) is 4.98 Å². The van der Waals surface area contributed by atoms with E-state index < -0.39 is 5.82 Å². The minimum absolute atomic E-state index is 0.113. The molecular weight excluding hydrogens is 289 g/mol. The van der Waals surface area contributed by atoms with E-state index in [0.717, 1.165) is 15.9 Å². The first-order valence-electron chi connectivity index (χ1n) is 5.07. The first kappa shape index (κ1) is 12.1. The summed E-state index contributed by atoms with van der Waals surface area (Å²) in [5, 5.41) is 0. The third-order valence-corrected chi connectivity index (χ3v) is 2.81. The molecule has 3 nitrogen and oxygen atoms in total. The number of ether oxygens (including phenoxy) is 1. The van der Waals surface area contributed by atoms with Gasteiger partial charge in [0.05, 0.1) is 5.69 Å². The first-order chi connectivity index (χ1) is 8.06. The van der Waals surface area contributed by atoms with Crippen molar-refractivity contribution in [1.82, 2.24) is 4.98 Å². The molecule has 1 aromatic carbocycles. The van der Waals surface area contributed by atoms with Gasteiger partial charge in [-0.2, -0.15) is 0 Å². The summed E-state index contributed by atoms with van der Waals surface area (Å²) in [5.41, 5.74) is 0.818. The van der Waals surface area contributed by atoms with Gasteiger partial charge in [0.2, 0.25) is 5.89 Å². The fourth-order valence-electron chi connectivity index (χ4n) is 1.33. The normalized spacial score (nSPS) is 10.6. The van der Waals surface area contributed by atoms with Crippen molar-refractivity contribution in [2.75, 3.05) is 0 Å². The molecule has 2 rings (SSSR count). The lowest BCUT2D eigenvalue weighted by molar-refractivity contribution is 0.249. The van der Waals surface area contributed by atoms with E-state index in [4.69, 9.17) is 9.15 Å². The quantitative estimate of drug-likeness (QED) is 0.865. The van der Waals surface area contributed by atoms with Gasteiger partial charge in [0, 0.05) is 4.47 Å². The predicted octanol–water partition coefficient (Wildman–Crippen LogP) is 3.77. The number of oxazole rings is 1. The summed E-state index contributed by atoms with van der Waals surface area (Å²) in [6.45, 7) is 3.79. The molecule has 0 amide bonds. The van der Waals surface area contributed by atoms with Crippen molar-refractivity contribution in [2.45, 2.75) is 20.5 Å². The molecule has 0 fully saturated rings. The Morgan fingerprint density at radius 1 is 1.41 bits per heavy atom. The lowest BCUT2D eigenvalue weighted by Gasteiger charge is -2.05. The molecule has 5 heteroatoms. The summed E-state index contributed by atoms with van der Waals surface area (Å²) in [5.74, 6) is 0.957. The van der Waals surface area contributed by atoms with E-state index in [2.05, 4.69) is 20.9 Å². The molecule has 0 bridgehead atoms. The molecule has 2 aromatic rings. The summed E-state index contributed by atoms with van der Waals surface area (Å²) >= 11 is 3.25. The van der Waals surface area contributed by atoms with E-state index in [1.165, 1.54) is 6.07 Å². The molecule has 0 aliphatic rings. The zero-order valence-electron chi connectivity index (χ0n) is 9.46. The van der Waals surface area contributed by atoms with Crippen molar-refractivity contribution >= 4 is 15.9 Å². The van der Waals surface area contributed by atoms with Gasteiger partial charge >= 0.3 is 0 Å². The second-order valence-electron chi connectivity index (χ2n) is 3.61. The van der Waals surface area contributed by atoms with Crippen LogP contribution in [0.2, 0.25) is 0 Å². The van der Waals surface area contributed by atoms with Crippen LogP contribution in [-0.2, 0) is 6.61 Å². The van der Waals surface area contributed by atoms with Crippen molar-refractivity contribution < 1.29 is 13.5 Å². The number of hydrogen-bond donors (Lipinski definition) is 0. The highest BCUT2D eigenvalue weighted by atomic mass is 79.9. The van der Waals surface area contributed by atoms with Crippen LogP contribution in [0.15, 0.2) is 27.1 Å². The maximum absolute atomic E-state index is 13.4. The average molecular weight is 300 g/mol. The Labute approximate surface area is 107 Å². The maximum atomic E-state index is 13.4. The third kappa shape index (κ3) is 2.85. The Bertz CT molecular complexity index is 520. The molecule has 1 aromatic heterocycles. The number of halogens is 2. The van der Waals surface area contributed by atoms with E-state index in [-0.39, 0.29) is 12.4 Å². The molecule has 0 aliphatic heterocycles. The van der Waals surface area contributed by atoms with Crippen molar-refractivity contribution in [3.05, 3.63) is 45.8 Å². The minimum Gasteiger partial charge on any atom is -0.481 e. The van der Waals surface area contributed by atoms with Crippen molar-refractivity contribution in [2.24, 2.45) is 0 Å². The van der Waals surface area contributed by atoms with Gasteiger partial charge in [-0.15, -0.1) is 0 Å². The van der Waals surface area contributed by atoms with Crippen LogP contribution in [0.5, 0.6) is 5.75 Å². The highest BCUT2D eigenvalue weighted by molar-refractivity contribution is 9.10. The summed E-state index contributed by atoms with van der Waals surface area (Å²) in [6.07, 6.45) is 0. The summed E-state index contributed by atoms with van der Waals surface area (Å²) in [7, 11) is 0. The summed E-state index contributed by atoms with van der Waals surface area (Å²) in [4.78, 5) is 4.15. The zero-order chi connectivity index (χ0) is 12.4. The summed E-state index contributed by atoms with van der Waals surface area (Å²) < 4.78 is 24.8. The standard InChI is InChI=1S/C12H11BrFNO2/c1-7-8(2)17-12(15-7)6-16-11-5-9(13)3-4-10(11)14/h3-5H,6H2,1-2H3. The van der Waals surface area contributed by atoms with Crippen LogP contribution in [0.3, 0.4) is 0 Å².